The smallest absolute Gasteiger partial charge is 0.182 e. The van der Waals surface area contributed by atoms with Crippen LogP contribution in [0.1, 0.15) is 18.7 Å². The number of hydrogen-bond acceptors (Lipinski definition) is 5. The predicted molar refractivity (Wildman–Crippen MR) is 50.7 cm³/mol. The SMILES string of the molecule is CNCCCC(=O)Cc1nnn(C)n1. The van der Waals surface area contributed by atoms with Crippen molar-refractivity contribution >= 4 is 5.78 Å². The summed E-state index contributed by atoms with van der Waals surface area (Å²) in [5, 5.41) is 14.3. The number of rotatable bonds is 6. The van der Waals surface area contributed by atoms with Crippen molar-refractivity contribution in [2.45, 2.75) is 19.3 Å². The van der Waals surface area contributed by atoms with E-state index in [0.717, 1.165) is 13.0 Å². The second kappa shape index (κ2) is 5.43. The lowest BCUT2D eigenvalue weighted by Gasteiger charge is -1.97. The van der Waals surface area contributed by atoms with E-state index in [-0.39, 0.29) is 12.2 Å². The molecular weight excluding hydrogens is 182 g/mol. The number of carbonyl (C=O) groups is 1. The molecule has 0 amide bonds. The molecule has 6 nitrogen and oxygen atoms in total. The Morgan fingerprint density at radius 3 is 2.93 bits per heavy atom. The van der Waals surface area contributed by atoms with Crippen molar-refractivity contribution in [1.82, 2.24) is 25.5 Å². The molecule has 1 aromatic heterocycles. The fourth-order valence-electron chi connectivity index (χ4n) is 1.12. The lowest BCUT2D eigenvalue weighted by molar-refractivity contribution is -0.118. The normalized spacial score (nSPS) is 10.4. The Labute approximate surface area is 82.7 Å². The van der Waals surface area contributed by atoms with Crippen molar-refractivity contribution in [3.05, 3.63) is 5.82 Å². The maximum atomic E-state index is 11.4. The summed E-state index contributed by atoms with van der Waals surface area (Å²) in [5.41, 5.74) is 0. The Morgan fingerprint density at radius 1 is 1.57 bits per heavy atom. The van der Waals surface area contributed by atoms with Crippen molar-refractivity contribution in [3.63, 3.8) is 0 Å². The third kappa shape index (κ3) is 3.61. The number of tetrazole rings is 1. The third-order valence-corrected chi connectivity index (χ3v) is 1.79. The van der Waals surface area contributed by atoms with Gasteiger partial charge in [-0.05, 0) is 25.2 Å². The Kier molecular flexibility index (Phi) is 4.18. The van der Waals surface area contributed by atoms with Crippen LogP contribution >= 0.6 is 0 Å². The highest BCUT2D eigenvalue weighted by atomic mass is 16.1. The zero-order chi connectivity index (χ0) is 10.4. The topological polar surface area (TPSA) is 72.7 Å². The number of aryl methyl sites for hydroxylation is 1. The standard InChI is InChI=1S/C8H15N5O/c1-9-5-3-4-7(14)6-8-10-12-13(2)11-8/h9H,3-6H2,1-2H3. The first-order valence-electron chi connectivity index (χ1n) is 4.61. The van der Waals surface area contributed by atoms with E-state index in [1.54, 1.807) is 7.05 Å². The Morgan fingerprint density at radius 2 is 2.36 bits per heavy atom. The zero-order valence-corrected chi connectivity index (χ0v) is 8.53. The minimum atomic E-state index is 0.160. The maximum absolute atomic E-state index is 11.4. The van der Waals surface area contributed by atoms with Crippen molar-refractivity contribution in [2.24, 2.45) is 7.05 Å². The van der Waals surface area contributed by atoms with Crippen LogP contribution < -0.4 is 5.32 Å². The summed E-state index contributed by atoms with van der Waals surface area (Å²) in [7, 11) is 3.55. The summed E-state index contributed by atoms with van der Waals surface area (Å²) in [6.07, 6.45) is 1.71. The molecule has 0 aliphatic heterocycles. The number of carbonyl (C=O) groups excluding carboxylic acids is 1. The lowest BCUT2D eigenvalue weighted by atomic mass is 10.1. The van der Waals surface area contributed by atoms with Gasteiger partial charge in [0.15, 0.2) is 5.82 Å². The maximum Gasteiger partial charge on any atom is 0.182 e. The van der Waals surface area contributed by atoms with Gasteiger partial charge in [-0.2, -0.15) is 4.80 Å². The quantitative estimate of drug-likeness (QED) is 0.612. The van der Waals surface area contributed by atoms with Gasteiger partial charge in [-0.1, -0.05) is 0 Å². The summed E-state index contributed by atoms with van der Waals surface area (Å²) >= 11 is 0. The first-order valence-corrected chi connectivity index (χ1v) is 4.61. The molecule has 0 unspecified atom stereocenters. The van der Waals surface area contributed by atoms with E-state index < -0.39 is 0 Å². The number of Topliss-reactive ketones (excluding diaryl/α,β-unsaturated/α-hetero) is 1. The highest BCUT2D eigenvalue weighted by Gasteiger charge is 2.07. The summed E-state index contributed by atoms with van der Waals surface area (Å²) in [5.74, 6) is 0.662. The largest absolute Gasteiger partial charge is 0.320 e. The van der Waals surface area contributed by atoms with Gasteiger partial charge in [0.05, 0.1) is 13.5 Å². The molecule has 0 radical (unpaired) electrons. The molecule has 0 bridgehead atoms. The van der Waals surface area contributed by atoms with E-state index in [1.165, 1.54) is 4.80 Å². The first-order chi connectivity index (χ1) is 6.72. The fraction of sp³-hybridized carbons (Fsp3) is 0.750. The van der Waals surface area contributed by atoms with Crippen LogP contribution in [0.2, 0.25) is 0 Å². The second-order valence-electron chi connectivity index (χ2n) is 3.12. The molecule has 78 valence electrons. The van der Waals surface area contributed by atoms with Gasteiger partial charge in [0.1, 0.15) is 5.78 Å². The number of nitrogens with zero attached hydrogens (tertiary/aromatic N) is 4. The van der Waals surface area contributed by atoms with E-state index in [0.29, 0.717) is 12.2 Å². The average Bonchev–Trinajstić information content (AvgIpc) is 2.52. The molecule has 1 N–H and O–H groups in total. The molecule has 0 saturated heterocycles. The molecule has 0 saturated carbocycles. The van der Waals surface area contributed by atoms with Crippen LogP contribution in [0.4, 0.5) is 0 Å². The molecule has 6 heteroatoms. The Balaban J connectivity index is 2.27. The highest BCUT2D eigenvalue weighted by molar-refractivity contribution is 5.79. The molecule has 1 rings (SSSR count). The van der Waals surface area contributed by atoms with Crippen molar-refractivity contribution < 1.29 is 4.79 Å². The number of ketones is 1. The molecule has 0 fully saturated rings. The molecular formula is C8H15N5O. The van der Waals surface area contributed by atoms with Crippen LogP contribution in [0, 0.1) is 0 Å². The van der Waals surface area contributed by atoms with Gasteiger partial charge < -0.3 is 5.32 Å². The van der Waals surface area contributed by atoms with Crippen molar-refractivity contribution in [1.29, 1.82) is 0 Å². The fourth-order valence-corrected chi connectivity index (χ4v) is 1.12. The monoisotopic (exact) mass is 197 g/mol. The van der Waals surface area contributed by atoms with E-state index >= 15 is 0 Å². The van der Waals surface area contributed by atoms with Gasteiger partial charge in [0.25, 0.3) is 0 Å². The summed E-state index contributed by atoms with van der Waals surface area (Å²) in [6.45, 7) is 0.861. The minimum absolute atomic E-state index is 0.160. The minimum Gasteiger partial charge on any atom is -0.320 e. The van der Waals surface area contributed by atoms with Gasteiger partial charge in [0.2, 0.25) is 0 Å². The van der Waals surface area contributed by atoms with Crippen LogP contribution in [0.15, 0.2) is 0 Å². The molecule has 14 heavy (non-hydrogen) atoms. The molecule has 0 spiro atoms. The Bertz CT molecular complexity index is 296. The Hall–Kier alpha value is -1.30. The number of aromatic nitrogens is 4. The molecule has 0 aliphatic rings. The molecule has 1 aromatic rings. The molecule has 0 atom stereocenters. The highest BCUT2D eigenvalue weighted by Crippen LogP contribution is 1.96. The third-order valence-electron chi connectivity index (χ3n) is 1.79. The van der Waals surface area contributed by atoms with E-state index in [1.807, 2.05) is 7.05 Å². The first kappa shape index (κ1) is 10.8. The van der Waals surface area contributed by atoms with Crippen molar-refractivity contribution in [2.75, 3.05) is 13.6 Å². The summed E-state index contributed by atoms with van der Waals surface area (Å²) in [4.78, 5) is 12.7. The van der Waals surface area contributed by atoms with Gasteiger partial charge in [0, 0.05) is 6.42 Å². The van der Waals surface area contributed by atoms with Crippen LogP contribution in [0.5, 0.6) is 0 Å². The predicted octanol–water partition coefficient (Wildman–Crippen LogP) is -0.679. The van der Waals surface area contributed by atoms with Gasteiger partial charge in [-0.3, -0.25) is 4.79 Å². The molecule has 0 aromatic carbocycles. The van der Waals surface area contributed by atoms with Gasteiger partial charge in [-0.15, -0.1) is 10.2 Å². The summed E-state index contributed by atoms with van der Waals surface area (Å²) in [6, 6.07) is 0. The number of hydrogen-bond donors (Lipinski definition) is 1. The van der Waals surface area contributed by atoms with Crippen molar-refractivity contribution in [3.8, 4) is 0 Å². The van der Waals surface area contributed by atoms with Crippen LogP contribution in [0.3, 0.4) is 0 Å². The van der Waals surface area contributed by atoms with E-state index in [4.69, 9.17) is 0 Å². The van der Waals surface area contributed by atoms with Crippen LogP contribution in [-0.4, -0.2) is 39.6 Å². The lowest BCUT2D eigenvalue weighted by Crippen LogP contribution is -2.11. The average molecular weight is 197 g/mol. The molecule has 0 aliphatic carbocycles. The van der Waals surface area contributed by atoms with Crippen LogP contribution in [-0.2, 0) is 18.3 Å². The van der Waals surface area contributed by atoms with Gasteiger partial charge >= 0.3 is 0 Å². The second-order valence-corrected chi connectivity index (χ2v) is 3.12. The zero-order valence-electron chi connectivity index (χ0n) is 8.53. The van der Waals surface area contributed by atoms with E-state index in [9.17, 15) is 4.79 Å². The molecule has 1 heterocycles. The van der Waals surface area contributed by atoms with Gasteiger partial charge in [-0.25, -0.2) is 0 Å². The number of nitrogens with one attached hydrogen (secondary N) is 1. The van der Waals surface area contributed by atoms with E-state index in [2.05, 4.69) is 20.7 Å². The summed E-state index contributed by atoms with van der Waals surface area (Å²) < 4.78 is 0. The van der Waals surface area contributed by atoms with Crippen LogP contribution in [0.25, 0.3) is 0 Å².